The Morgan fingerprint density at radius 2 is 1.96 bits per heavy atom. The van der Waals surface area contributed by atoms with Crippen LogP contribution in [0.2, 0.25) is 0 Å². The van der Waals surface area contributed by atoms with E-state index in [0.29, 0.717) is 18.8 Å². The van der Waals surface area contributed by atoms with Crippen LogP contribution >= 0.6 is 0 Å². The summed E-state index contributed by atoms with van der Waals surface area (Å²) in [6.07, 6.45) is 3.51. The van der Waals surface area contributed by atoms with Crippen LogP contribution in [0.1, 0.15) is 25.5 Å². The van der Waals surface area contributed by atoms with E-state index in [9.17, 15) is 9.59 Å². The van der Waals surface area contributed by atoms with Crippen LogP contribution in [0.25, 0.3) is 5.69 Å². The number of hydrogen-bond acceptors (Lipinski definition) is 6. The summed E-state index contributed by atoms with van der Waals surface area (Å²) in [6.45, 7) is 2.81. The molecule has 0 unspecified atom stereocenters. The van der Waals surface area contributed by atoms with Crippen molar-refractivity contribution in [1.29, 1.82) is 0 Å². The lowest BCUT2D eigenvalue weighted by Crippen LogP contribution is -2.37. The number of aromatic nitrogens is 5. The molecule has 2 heterocycles. The Kier molecular flexibility index (Phi) is 5.39. The van der Waals surface area contributed by atoms with Gasteiger partial charge >= 0.3 is 5.69 Å². The van der Waals surface area contributed by atoms with Crippen LogP contribution in [-0.2, 0) is 13.1 Å². The Morgan fingerprint density at radius 3 is 2.67 bits per heavy atom. The van der Waals surface area contributed by atoms with E-state index in [1.54, 1.807) is 22.8 Å². The van der Waals surface area contributed by atoms with E-state index in [0.717, 1.165) is 18.5 Å². The molecule has 9 nitrogen and oxygen atoms in total. The molecule has 9 heteroatoms. The lowest BCUT2D eigenvalue weighted by molar-refractivity contribution is 0.603. The van der Waals surface area contributed by atoms with Crippen molar-refractivity contribution in [2.75, 3.05) is 17.7 Å². The molecule has 0 aliphatic heterocycles. The maximum Gasteiger partial charge on any atom is 0.330 e. The molecule has 0 bridgehead atoms. The molecular weight excluding hydrogens is 346 g/mol. The second-order valence-electron chi connectivity index (χ2n) is 6.34. The zero-order valence-corrected chi connectivity index (χ0v) is 15.4. The van der Waals surface area contributed by atoms with Gasteiger partial charge in [0.1, 0.15) is 17.2 Å². The van der Waals surface area contributed by atoms with Gasteiger partial charge in [0, 0.05) is 13.6 Å². The van der Waals surface area contributed by atoms with Crippen molar-refractivity contribution in [3.63, 3.8) is 0 Å². The van der Waals surface area contributed by atoms with Crippen LogP contribution in [0.5, 0.6) is 0 Å². The Morgan fingerprint density at radius 1 is 1.22 bits per heavy atom. The van der Waals surface area contributed by atoms with Gasteiger partial charge in [-0.3, -0.25) is 14.3 Å². The quantitative estimate of drug-likeness (QED) is 0.645. The van der Waals surface area contributed by atoms with Crippen molar-refractivity contribution in [3.8, 4) is 5.69 Å². The Balaban J connectivity index is 1.86. The van der Waals surface area contributed by atoms with E-state index in [-0.39, 0.29) is 11.5 Å². The van der Waals surface area contributed by atoms with Crippen LogP contribution < -0.4 is 21.9 Å². The van der Waals surface area contributed by atoms with Crippen molar-refractivity contribution in [2.45, 2.75) is 32.9 Å². The third-order valence-electron chi connectivity index (χ3n) is 4.29. The zero-order valence-electron chi connectivity index (χ0n) is 15.4. The summed E-state index contributed by atoms with van der Waals surface area (Å²) in [5.74, 6) is 0.162. The average molecular weight is 369 g/mol. The number of anilines is 2. The van der Waals surface area contributed by atoms with Gasteiger partial charge in [-0.2, -0.15) is 0 Å². The summed E-state index contributed by atoms with van der Waals surface area (Å²) in [4.78, 5) is 28.4. The van der Waals surface area contributed by atoms with E-state index in [1.807, 2.05) is 37.3 Å². The highest BCUT2D eigenvalue weighted by Gasteiger charge is 2.17. The number of H-pyrrole nitrogens is 1. The van der Waals surface area contributed by atoms with E-state index < -0.39 is 11.2 Å². The third kappa shape index (κ3) is 3.91. The molecule has 27 heavy (non-hydrogen) atoms. The molecule has 0 radical (unpaired) electrons. The fraction of sp³-hybridized carbons (Fsp3) is 0.333. The fourth-order valence-electron chi connectivity index (χ4n) is 2.88. The maximum atomic E-state index is 12.3. The van der Waals surface area contributed by atoms with Crippen LogP contribution in [0.3, 0.4) is 0 Å². The van der Waals surface area contributed by atoms with Crippen LogP contribution in [0, 0.1) is 0 Å². The number of hydrogen-bond donors (Lipinski definition) is 2. The predicted molar refractivity (Wildman–Crippen MR) is 104 cm³/mol. The van der Waals surface area contributed by atoms with Gasteiger partial charge < -0.3 is 10.6 Å². The third-order valence-corrected chi connectivity index (χ3v) is 4.29. The average Bonchev–Trinajstić information content (AvgIpc) is 3.10. The number of rotatable bonds is 7. The number of nitrogens with two attached hydrogens (primary N) is 1. The van der Waals surface area contributed by atoms with Gasteiger partial charge in [0.2, 0.25) is 0 Å². The van der Waals surface area contributed by atoms with Gasteiger partial charge in [-0.15, -0.1) is 5.10 Å². The number of para-hydroxylation sites is 1. The van der Waals surface area contributed by atoms with Crippen molar-refractivity contribution < 1.29 is 0 Å². The summed E-state index contributed by atoms with van der Waals surface area (Å²) >= 11 is 0. The van der Waals surface area contributed by atoms with Crippen LogP contribution in [-0.4, -0.2) is 31.6 Å². The molecule has 142 valence electrons. The smallest absolute Gasteiger partial charge is 0.330 e. The Labute approximate surface area is 156 Å². The summed E-state index contributed by atoms with van der Waals surface area (Å²) in [6, 6.07) is 9.62. The fourth-order valence-corrected chi connectivity index (χ4v) is 2.88. The van der Waals surface area contributed by atoms with Crippen LogP contribution in [0.15, 0.2) is 46.1 Å². The number of aromatic amines is 1. The van der Waals surface area contributed by atoms with E-state index in [4.69, 9.17) is 5.73 Å². The first-order valence-corrected chi connectivity index (χ1v) is 8.81. The molecule has 0 aliphatic rings. The lowest BCUT2D eigenvalue weighted by atomic mass is 10.3. The summed E-state index contributed by atoms with van der Waals surface area (Å²) in [7, 11) is 1.73. The van der Waals surface area contributed by atoms with Gasteiger partial charge in [-0.1, -0.05) is 36.8 Å². The molecule has 2 aromatic heterocycles. The maximum absolute atomic E-state index is 12.3. The number of unbranched alkanes of at least 4 members (excludes halogenated alkanes) is 1. The van der Waals surface area contributed by atoms with Crippen molar-refractivity contribution in [3.05, 3.63) is 63.1 Å². The minimum absolute atomic E-state index is 0.162. The minimum atomic E-state index is -0.511. The molecule has 0 spiro atoms. The van der Waals surface area contributed by atoms with Crippen molar-refractivity contribution >= 4 is 11.5 Å². The predicted octanol–water partition coefficient (Wildman–Crippen LogP) is 1.14. The summed E-state index contributed by atoms with van der Waals surface area (Å²) in [5, 5.41) is 8.27. The number of benzene rings is 1. The SMILES string of the molecule is CCCCn1c(N)c(N(C)Cc2cn(-c3ccccc3)nn2)c(=O)[nH]c1=O. The molecule has 3 aromatic rings. The number of nitrogens with zero attached hydrogens (tertiary/aromatic N) is 5. The van der Waals surface area contributed by atoms with Gasteiger partial charge in [-0.25, -0.2) is 9.48 Å². The highest BCUT2D eigenvalue weighted by molar-refractivity contribution is 5.62. The van der Waals surface area contributed by atoms with Crippen molar-refractivity contribution in [2.24, 2.45) is 0 Å². The van der Waals surface area contributed by atoms with E-state index in [1.165, 1.54) is 4.57 Å². The highest BCUT2D eigenvalue weighted by Crippen LogP contribution is 2.17. The standard InChI is InChI=1S/C18H23N7O2/c1-3-4-10-24-16(19)15(17(26)20-18(24)27)23(2)11-13-12-25(22-21-13)14-8-6-5-7-9-14/h5-9,12H,3-4,10-11,19H2,1-2H3,(H,20,26,27). The molecule has 0 fully saturated rings. The number of nitrogen functional groups attached to an aromatic ring is 1. The highest BCUT2D eigenvalue weighted by atomic mass is 16.2. The second-order valence-corrected chi connectivity index (χ2v) is 6.34. The molecule has 0 amide bonds. The molecule has 1 aromatic carbocycles. The first-order chi connectivity index (χ1) is 13.0. The summed E-state index contributed by atoms with van der Waals surface area (Å²) in [5.41, 5.74) is 6.95. The molecule has 0 saturated carbocycles. The lowest BCUT2D eigenvalue weighted by Gasteiger charge is -2.20. The topological polar surface area (TPSA) is 115 Å². The van der Waals surface area contributed by atoms with Gasteiger partial charge in [0.15, 0.2) is 0 Å². The molecule has 0 saturated heterocycles. The Bertz CT molecular complexity index is 1020. The van der Waals surface area contributed by atoms with E-state index in [2.05, 4.69) is 15.3 Å². The molecule has 3 rings (SSSR count). The largest absolute Gasteiger partial charge is 0.383 e. The normalized spacial score (nSPS) is 10.9. The first-order valence-electron chi connectivity index (χ1n) is 8.81. The first kappa shape index (κ1) is 18.4. The Hall–Kier alpha value is -3.36. The van der Waals surface area contributed by atoms with Crippen molar-refractivity contribution in [1.82, 2.24) is 24.5 Å². The zero-order chi connectivity index (χ0) is 19.4. The second kappa shape index (κ2) is 7.90. The molecule has 0 aliphatic carbocycles. The number of nitrogens with one attached hydrogen (secondary N) is 1. The van der Waals surface area contributed by atoms with Gasteiger partial charge in [-0.05, 0) is 18.6 Å². The van der Waals surface area contributed by atoms with E-state index >= 15 is 0 Å². The van der Waals surface area contributed by atoms with Gasteiger partial charge in [0.25, 0.3) is 5.56 Å². The molecular formula is C18H23N7O2. The minimum Gasteiger partial charge on any atom is -0.383 e. The summed E-state index contributed by atoms with van der Waals surface area (Å²) < 4.78 is 3.07. The van der Waals surface area contributed by atoms with Gasteiger partial charge in [0.05, 0.1) is 18.4 Å². The van der Waals surface area contributed by atoms with Crippen LogP contribution in [0.4, 0.5) is 11.5 Å². The monoisotopic (exact) mass is 369 g/mol. The molecule has 3 N–H and O–H groups in total. The molecule has 0 atom stereocenters.